The van der Waals surface area contributed by atoms with Crippen molar-refractivity contribution in [2.45, 2.75) is 45.4 Å². The molecule has 4 heteroatoms. The fourth-order valence-corrected chi connectivity index (χ4v) is 2.89. The molecule has 2 aliphatic rings. The first-order valence-corrected chi connectivity index (χ1v) is 7.07. The SMILES string of the molecule is CCCC(C(=O)NCC1(C2CC2)CC1)C(N)=S. The van der Waals surface area contributed by atoms with Crippen LogP contribution in [-0.4, -0.2) is 17.4 Å². The third kappa shape index (κ3) is 2.97. The van der Waals surface area contributed by atoms with Crippen molar-refractivity contribution >= 4 is 23.1 Å². The van der Waals surface area contributed by atoms with Crippen molar-refractivity contribution < 1.29 is 4.79 Å². The summed E-state index contributed by atoms with van der Waals surface area (Å²) in [5, 5.41) is 3.07. The second kappa shape index (κ2) is 4.92. The third-order valence-electron chi connectivity index (χ3n) is 4.19. The highest BCUT2D eigenvalue weighted by molar-refractivity contribution is 7.80. The lowest BCUT2D eigenvalue weighted by molar-refractivity contribution is -0.123. The normalized spacial score (nSPS) is 22.9. The van der Waals surface area contributed by atoms with Gasteiger partial charge in [-0.25, -0.2) is 0 Å². The molecule has 1 unspecified atom stereocenters. The minimum absolute atomic E-state index is 0.0336. The fraction of sp³-hybridized carbons (Fsp3) is 0.846. The maximum Gasteiger partial charge on any atom is 0.229 e. The predicted octanol–water partition coefficient (Wildman–Crippen LogP) is 2.00. The first-order valence-electron chi connectivity index (χ1n) is 6.66. The van der Waals surface area contributed by atoms with Crippen LogP contribution in [-0.2, 0) is 4.79 Å². The second-order valence-corrected chi connectivity index (χ2v) is 6.07. The molecule has 0 aliphatic heterocycles. The van der Waals surface area contributed by atoms with Crippen LogP contribution >= 0.6 is 12.2 Å². The van der Waals surface area contributed by atoms with E-state index in [0.29, 0.717) is 10.4 Å². The summed E-state index contributed by atoms with van der Waals surface area (Å²) in [5.74, 6) is 0.633. The Kier molecular flexibility index (Phi) is 3.71. The van der Waals surface area contributed by atoms with Crippen LogP contribution in [0.15, 0.2) is 0 Å². The maximum atomic E-state index is 12.0. The van der Waals surface area contributed by atoms with Gasteiger partial charge < -0.3 is 11.1 Å². The van der Waals surface area contributed by atoms with Crippen molar-refractivity contribution in [2.24, 2.45) is 23.0 Å². The molecule has 0 aromatic heterocycles. The van der Waals surface area contributed by atoms with E-state index in [9.17, 15) is 4.79 Å². The highest BCUT2D eigenvalue weighted by Crippen LogP contribution is 2.60. The van der Waals surface area contributed by atoms with Gasteiger partial charge in [0.1, 0.15) is 0 Å². The van der Waals surface area contributed by atoms with Gasteiger partial charge in [-0.3, -0.25) is 4.79 Å². The van der Waals surface area contributed by atoms with Crippen molar-refractivity contribution in [3.8, 4) is 0 Å². The number of amides is 1. The quantitative estimate of drug-likeness (QED) is 0.683. The Balaban J connectivity index is 1.81. The van der Waals surface area contributed by atoms with Gasteiger partial charge in [-0.2, -0.15) is 0 Å². The van der Waals surface area contributed by atoms with Crippen LogP contribution in [0.2, 0.25) is 0 Å². The van der Waals surface area contributed by atoms with E-state index in [1.54, 1.807) is 0 Å². The van der Waals surface area contributed by atoms with E-state index in [2.05, 4.69) is 5.32 Å². The molecule has 0 spiro atoms. The number of nitrogens with two attached hydrogens (primary N) is 1. The Labute approximate surface area is 109 Å². The zero-order valence-electron chi connectivity index (χ0n) is 10.5. The molecule has 0 heterocycles. The lowest BCUT2D eigenvalue weighted by atomic mass is 9.99. The molecule has 2 fully saturated rings. The molecule has 3 nitrogen and oxygen atoms in total. The van der Waals surface area contributed by atoms with Crippen LogP contribution in [0, 0.1) is 17.3 Å². The first-order chi connectivity index (χ1) is 8.09. The van der Waals surface area contributed by atoms with Crippen molar-refractivity contribution in [3.63, 3.8) is 0 Å². The Hall–Kier alpha value is -0.640. The molecule has 0 saturated heterocycles. The summed E-state index contributed by atoms with van der Waals surface area (Å²) in [7, 11) is 0. The summed E-state index contributed by atoms with van der Waals surface area (Å²) < 4.78 is 0. The Bertz CT molecular complexity index is 321. The van der Waals surface area contributed by atoms with Crippen LogP contribution in [0.1, 0.15) is 45.4 Å². The van der Waals surface area contributed by atoms with E-state index in [1.165, 1.54) is 25.7 Å². The van der Waals surface area contributed by atoms with Gasteiger partial charge in [0.25, 0.3) is 0 Å². The summed E-state index contributed by atoms with van der Waals surface area (Å²) in [6, 6.07) is 0. The number of carbonyl (C=O) groups is 1. The minimum Gasteiger partial charge on any atom is -0.393 e. The zero-order valence-corrected chi connectivity index (χ0v) is 11.3. The van der Waals surface area contributed by atoms with Gasteiger partial charge in [0.2, 0.25) is 5.91 Å². The summed E-state index contributed by atoms with van der Waals surface area (Å²) >= 11 is 4.96. The molecule has 17 heavy (non-hydrogen) atoms. The average Bonchev–Trinajstić information content (AvgIpc) is 3.15. The topological polar surface area (TPSA) is 55.1 Å². The largest absolute Gasteiger partial charge is 0.393 e. The van der Waals surface area contributed by atoms with Gasteiger partial charge in [0.05, 0.1) is 10.9 Å². The van der Waals surface area contributed by atoms with Gasteiger partial charge in [-0.15, -0.1) is 0 Å². The van der Waals surface area contributed by atoms with Crippen LogP contribution in [0.5, 0.6) is 0 Å². The predicted molar refractivity (Wildman–Crippen MR) is 72.6 cm³/mol. The summed E-state index contributed by atoms with van der Waals surface area (Å²) in [4.78, 5) is 12.3. The summed E-state index contributed by atoms with van der Waals surface area (Å²) in [5.41, 5.74) is 6.07. The molecule has 0 aromatic carbocycles. The molecule has 2 rings (SSSR count). The molecule has 0 aromatic rings. The second-order valence-electron chi connectivity index (χ2n) is 5.60. The van der Waals surface area contributed by atoms with Crippen LogP contribution in [0.3, 0.4) is 0 Å². The molecule has 1 amide bonds. The molecule has 3 N–H and O–H groups in total. The summed E-state index contributed by atoms with van der Waals surface area (Å²) in [6.45, 7) is 2.88. The molecule has 1 atom stereocenters. The van der Waals surface area contributed by atoms with Crippen LogP contribution in [0.4, 0.5) is 0 Å². The minimum atomic E-state index is -0.273. The van der Waals surface area contributed by atoms with Crippen molar-refractivity contribution in [2.75, 3.05) is 6.54 Å². The number of carbonyl (C=O) groups excluding carboxylic acids is 1. The summed E-state index contributed by atoms with van der Waals surface area (Å²) in [6.07, 6.45) is 6.96. The number of hydrogen-bond acceptors (Lipinski definition) is 2. The molecule has 2 aliphatic carbocycles. The Morgan fingerprint density at radius 3 is 2.59 bits per heavy atom. The highest BCUT2D eigenvalue weighted by atomic mass is 32.1. The number of nitrogens with one attached hydrogen (secondary N) is 1. The van der Waals surface area contributed by atoms with Crippen LogP contribution < -0.4 is 11.1 Å². The Morgan fingerprint density at radius 2 is 2.18 bits per heavy atom. The van der Waals surface area contributed by atoms with E-state index in [1.807, 2.05) is 6.92 Å². The van der Waals surface area contributed by atoms with Gasteiger partial charge in [0, 0.05) is 6.54 Å². The molecule has 2 saturated carbocycles. The fourth-order valence-electron chi connectivity index (χ4n) is 2.66. The smallest absolute Gasteiger partial charge is 0.229 e. The van der Waals surface area contributed by atoms with Gasteiger partial charge in [0.15, 0.2) is 0 Å². The van der Waals surface area contributed by atoms with E-state index in [-0.39, 0.29) is 11.8 Å². The van der Waals surface area contributed by atoms with Gasteiger partial charge >= 0.3 is 0 Å². The van der Waals surface area contributed by atoms with E-state index >= 15 is 0 Å². The average molecular weight is 254 g/mol. The lowest BCUT2D eigenvalue weighted by Crippen LogP contribution is -2.40. The monoisotopic (exact) mass is 254 g/mol. The van der Waals surface area contributed by atoms with Gasteiger partial charge in [-0.05, 0) is 43.4 Å². The zero-order chi connectivity index (χ0) is 12.5. The highest BCUT2D eigenvalue weighted by Gasteiger charge is 2.53. The van der Waals surface area contributed by atoms with Crippen molar-refractivity contribution in [1.29, 1.82) is 0 Å². The number of hydrogen-bond donors (Lipinski definition) is 2. The van der Waals surface area contributed by atoms with E-state index < -0.39 is 0 Å². The Morgan fingerprint density at radius 1 is 1.53 bits per heavy atom. The first kappa shape index (κ1) is 12.8. The maximum absolute atomic E-state index is 12.0. The van der Waals surface area contributed by atoms with Crippen LogP contribution in [0.25, 0.3) is 0 Å². The van der Waals surface area contributed by atoms with Crippen molar-refractivity contribution in [3.05, 3.63) is 0 Å². The third-order valence-corrected chi connectivity index (χ3v) is 4.47. The lowest BCUT2D eigenvalue weighted by Gasteiger charge is -2.19. The molecule has 96 valence electrons. The molecule has 0 bridgehead atoms. The molecular formula is C13H22N2OS. The van der Waals surface area contributed by atoms with Gasteiger partial charge in [-0.1, -0.05) is 25.6 Å². The number of rotatable bonds is 7. The number of thiocarbonyl (C=S) groups is 1. The van der Waals surface area contributed by atoms with Crippen molar-refractivity contribution in [1.82, 2.24) is 5.32 Å². The van der Waals surface area contributed by atoms with E-state index in [4.69, 9.17) is 18.0 Å². The molecular weight excluding hydrogens is 232 g/mol. The molecule has 0 radical (unpaired) electrons. The van der Waals surface area contributed by atoms with E-state index in [0.717, 1.165) is 25.3 Å². The standard InChI is InChI=1S/C13H22N2OS/c1-2-3-10(11(14)17)12(16)15-8-13(6-7-13)9-4-5-9/h9-10H,2-8H2,1H3,(H2,14,17)(H,15,16).